The zero-order valence-corrected chi connectivity index (χ0v) is 9.72. The highest BCUT2D eigenvalue weighted by molar-refractivity contribution is 5.93. The number of H-pyrrole nitrogens is 1. The van der Waals surface area contributed by atoms with Gasteiger partial charge in [0.25, 0.3) is 5.91 Å². The van der Waals surface area contributed by atoms with Gasteiger partial charge >= 0.3 is 0 Å². The van der Waals surface area contributed by atoms with Crippen LogP contribution in [0.4, 0.5) is 0 Å². The predicted octanol–water partition coefficient (Wildman–Crippen LogP) is 0.218. The molecule has 2 atom stereocenters. The smallest absolute Gasteiger partial charge is 0.259 e. The topological polar surface area (TPSA) is 73.4 Å². The average Bonchev–Trinajstić information content (AvgIpc) is 2.32. The Morgan fingerprint density at radius 3 is 3.00 bits per heavy atom. The number of nitrogens with zero attached hydrogens (tertiary/aromatic N) is 1. The van der Waals surface area contributed by atoms with Crippen LogP contribution in [0.2, 0.25) is 0 Å². The number of pyridine rings is 1. The Morgan fingerprint density at radius 2 is 2.35 bits per heavy atom. The number of aliphatic hydroxyl groups excluding tert-OH is 1. The van der Waals surface area contributed by atoms with Crippen molar-refractivity contribution in [2.75, 3.05) is 13.1 Å². The number of aromatic nitrogens is 1. The van der Waals surface area contributed by atoms with Crippen molar-refractivity contribution in [2.45, 2.75) is 19.4 Å². The molecule has 1 aromatic heterocycles. The molecule has 1 amide bonds. The lowest BCUT2D eigenvalue weighted by Gasteiger charge is -2.34. The first-order valence-corrected chi connectivity index (χ1v) is 5.74. The van der Waals surface area contributed by atoms with Crippen molar-refractivity contribution in [3.05, 3.63) is 34.2 Å². The standard InChI is InChI=1S/C12H16N2O3/c1-8-7-14(5-3-10(8)15)12(17)9-6-13-4-2-11(9)16/h2,4,6,8,10,15H,3,5,7H2,1H3,(H,13,16). The molecule has 2 rings (SSSR count). The molecule has 0 aromatic carbocycles. The Labute approximate surface area is 99.1 Å². The van der Waals surface area contributed by atoms with Crippen LogP contribution in [0, 0.1) is 5.92 Å². The van der Waals surface area contributed by atoms with Gasteiger partial charge in [-0.3, -0.25) is 9.59 Å². The predicted molar refractivity (Wildman–Crippen MR) is 62.8 cm³/mol. The first kappa shape index (κ1) is 11.9. The number of hydrogen-bond acceptors (Lipinski definition) is 3. The van der Waals surface area contributed by atoms with Crippen LogP contribution in [0.3, 0.4) is 0 Å². The van der Waals surface area contributed by atoms with Crippen LogP contribution in [-0.2, 0) is 0 Å². The van der Waals surface area contributed by atoms with Gasteiger partial charge in [0.15, 0.2) is 5.43 Å². The van der Waals surface area contributed by atoms with Crippen LogP contribution in [0.15, 0.2) is 23.3 Å². The summed E-state index contributed by atoms with van der Waals surface area (Å²) in [5, 5.41) is 9.60. The quantitative estimate of drug-likeness (QED) is 0.732. The van der Waals surface area contributed by atoms with Crippen LogP contribution in [0.25, 0.3) is 0 Å². The number of nitrogens with one attached hydrogen (secondary N) is 1. The van der Waals surface area contributed by atoms with Gasteiger partial charge < -0.3 is 15.0 Å². The Kier molecular flexibility index (Phi) is 3.28. The van der Waals surface area contributed by atoms with Gasteiger partial charge in [-0.15, -0.1) is 0 Å². The number of aromatic amines is 1. The molecular formula is C12H16N2O3. The van der Waals surface area contributed by atoms with Gasteiger partial charge in [-0.2, -0.15) is 0 Å². The number of amides is 1. The van der Waals surface area contributed by atoms with E-state index in [-0.39, 0.29) is 28.9 Å². The van der Waals surface area contributed by atoms with Crippen LogP contribution in [0.5, 0.6) is 0 Å². The van der Waals surface area contributed by atoms with Crippen LogP contribution in [-0.4, -0.2) is 40.1 Å². The van der Waals surface area contributed by atoms with Crippen molar-refractivity contribution in [3.8, 4) is 0 Å². The number of aliphatic hydroxyl groups is 1. The van der Waals surface area contributed by atoms with Gasteiger partial charge in [0.2, 0.25) is 0 Å². The average molecular weight is 236 g/mol. The molecule has 1 fully saturated rings. The van der Waals surface area contributed by atoms with Crippen molar-refractivity contribution in [3.63, 3.8) is 0 Å². The van der Waals surface area contributed by atoms with Crippen molar-refractivity contribution in [1.82, 2.24) is 9.88 Å². The van der Waals surface area contributed by atoms with E-state index >= 15 is 0 Å². The fourth-order valence-electron chi connectivity index (χ4n) is 2.07. The van der Waals surface area contributed by atoms with Gasteiger partial charge in [0, 0.05) is 31.5 Å². The molecule has 1 aliphatic rings. The van der Waals surface area contributed by atoms with Gasteiger partial charge in [-0.1, -0.05) is 6.92 Å². The van der Waals surface area contributed by atoms with E-state index in [0.717, 1.165) is 0 Å². The maximum absolute atomic E-state index is 12.1. The van der Waals surface area contributed by atoms with Gasteiger partial charge in [-0.05, 0) is 12.3 Å². The molecule has 17 heavy (non-hydrogen) atoms. The van der Waals surface area contributed by atoms with E-state index in [0.29, 0.717) is 19.5 Å². The third-order valence-corrected chi connectivity index (χ3v) is 3.20. The van der Waals surface area contributed by atoms with Crippen LogP contribution >= 0.6 is 0 Å². The van der Waals surface area contributed by atoms with Crippen molar-refractivity contribution in [2.24, 2.45) is 5.92 Å². The molecular weight excluding hydrogens is 220 g/mol. The summed E-state index contributed by atoms with van der Waals surface area (Å²) >= 11 is 0. The number of piperidine rings is 1. The first-order chi connectivity index (χ1) is 8.09. The Morgan fingerprint density at radius 1 is 1.59 bits per heavy atom. The molecule has 2 N–H and O–H groups in total. The highest BCUT2D eigenvalue weighted by Crippen LogP contribution is 2.17. The number of carbonyl (C=O) groups is 1. The fraction of sp³-hybridized carbons (Fsp3) is 0.500. The zero-order valence-electron chi connectivity index (χ0n) is 9.72. The second-order valence-corrected chi connectivity index (χ2v) is 4.51. The van der Waals surface area contributed by atoms with Crippen LogP contribution < -0.4 is 5.43 Å². The fourth-order valence-corrected chi connectivity index (χ4v) is 2.07. The summed E-state index contributed by atoms with van der Waals surface area (Å²) in [5.41, 5.74) is -0.108. The molecule has 5 nitrogen and oxygen atoms in total. The van der Waals surface area contributed by atoms with Gasteiger partial charge in [0.05, 0.1) is 6.10 Å². The Hall–Kier alpha value is -1.62. The molecule has 2 heterocycles. The molecule has 0 bridgehead atoms. The molecule has 0 saturated carbocycles. The Bertz CT molecular complexity index is 469. The minimum absolute atomic E-state index is 0.0514. The van der Waals surface area contributed by atoms with Crippen LogP contribution in [0.1, 0.15) is 23.7 Å². The minimum atomic E-state index is -0.354. The first-order valence-electron chi connectivity index (χ1n) is 5.74. The number of rotatable bonds is 1. The number of hydrogen-bond donors (Lipinski definition) is 2. The third kappa shape index (κ3) is 2.39. The lowest BCUT2D eigenvalue weighted by Crippen LogP contribution is -2.46. The molecule has 0 aliphatic carbocycles. The lowest BCUT2D eigenvalue weighted by atomic mass is 9.96. The zero-order chi connectivity index (χ0) is 12.4. The van der Waals surface area contributed by atoms with E-state index in [1.807, 2.05) is 6.92 Å². The van der Waals surface area contributed by atoms with Gasteiger partial charge in [0.1, 0.15) is 5.56 Å². The summed E-state index contributed by atoms with van der Waals surface area (Å²) in [6.07, 6.45) is 3.15. The molecule has 1 saturated heterocycles. The van der Waals surface area contributed by atoms with E-state index in [1.165, 1.54) is 18.5 Å². The summed E-state index contributed by atoms with van der Waals surface area (Å²) in [6.45, 7) is 2.90. The molecule has 0 spiro atoms. The summed E-state index contributed by atoms with van der Waals surface area (Å²) in [7, 11) is 0. The summed E-state index contributed by atoms with van der Waals surface area (Å²) < 4.78 is 0. The summed E-state index contributed by atoms with van der Waals surface area (Å²) in [4.78, 5) is 28.0. The molecule has 92 valence electrons. The lowest BCUT2D eigenvalue weighted by molar-refractivity contribution is 0.0296. The highest BCUT2D eigenvalue weighted by atomic mass is 16.3. The number of carbonyl (C=O) groups excluding carboxylic acids is 1. The maximum Gasteiger partial charge on any atom is 0.259 e. The maximum atomic E-state index is 12.1. The molecule has 5 heteroatoms. The summed E-state index contributed by atoms with van der Waals surface area (Å²) in [5.74, 6) is -0.207. The third-order valence-electron chi connectivity index (χ3n) is 3.20. The van der Waals surface area contributed by atoms with Gasteiger partial charge in [-0.25, -0.2) is 0 Å². The largest absolute Gasteiger partial charge is 0.393 e. The van der Waals surface area contributed by atoms with E-state index in [1.54, 1.807) is 4.90 Å². The SMILES string of the molecule is CC1CN(C(=O)c2c[nH]ccc2=O)CCC1O. The number of likely N-dealkylation sites (tertiary alicyclic amines) is 1. The molecule has 1 aromatic rings. The van der Waals surface area contributed by atoms with E-state index in [2.05, 4.69) is 4.98 Å². The van der Waals surface area contributed by atoms with Crippen molar-refractivity contribution >= 4 is 5.91 Å². The molecule has 0 radical (unpaired) electrons. The van der Waals surface area contributed by atoms with E-state index < -0.39 is 0 Å². The highest BCUT2D eigenvalue weighted by Gasteiger charge is 2.28. The molecule has 1 aliphatic heterocycles. The van der Waals surface area contributed by atoms with E-state index in [4.69, 9.17) is 0 Å². The normalized spacial score (nSPS) is 24.7. The minimum Gasteiger partial charge on any atom is -0.393 e. The summed E-state index contributed by atoms with van der Waals surface area (Å²) in [6, 6.07) is 1.34. The Balaban J connectivity index is 2.17. The monoisotopic (exact) mass is 236 g/mol. The second-order valence-electron chi connectivity index (χ2n) is 4.51. The van der Waals surface area contributed by atoms with Crippen molar-refractivity contribution in [1.29, 1.82) is 0 Å². The van der Waals surface area contributed by atoms with Crippen molar-refractivity contribution < 1.29 is 9.90 Å². The second kappa shape index (κ2) is 4.71. The molecule has 2 unspecified atom stereocenters. The van der Waals surface area contributed by atoms with E-state index in [9.17, 15) is 14.7 Å².